The Bertz CT molecular complexity index is 361. The van der Waals surface area contributed by atoms with Crippen LogP contribution in [0.5, 0.6) is 5.75 Å². The van der Waals surface area contributed by atoms with Gasteiger partial charge in [0.15, 0.2) is 0 Å². The molecule has 1 aromatic carbocycles. The Kier molecular flexibility index (Phi) is 4.86. The molecule has 17 heavy (non-hydrogen) atoms. The van der Waals surface area contributed by atoms with Gasteiger partial charge in [-0.25, -0.2) is 0 Å². The Hall–Kier alpha value is -0.540. The molecule has 1 aliphatic rings. The van der Waals surface area contributed by atoms with Crippen molar-refractivity contribution in [2.45, 2.75) is 26.2 Å². The molecule has 0 radical (unpaired) electrons. The Balaban J connectivity index is 2.03. The highest BCUT2D eigenvalue weighted by Gasteiger charge is 2.16. The first-order valence-corrected chi connectivity index (χ1v) is 7.21. The first-order chi connectivity index (χ1) is 8.29. The molecule has 1 heterocycles. The van der Waals surface area contributed by atoms with Gasteiger partial charge in [0, 0.05) is 4.47 Å². The summed E-state index contributed by atoms with van der Waals surface area (Å²) < 4.78 is 6.88. The van der Waals surface area contributed by atoms with E-state index in [9.17, 15) is 0 Å². The molecule has 3 heteroatoms. The number of ether oxygens (including phenoxy) is 1. The third-order valence-corrected chi connectivity index (χ3v) is 3.93. The minimum atomic E-state index is 0.771. The average Bonchev–Trinajstić information content (AvgIpc) is 2.83. The van der Waals surface area contributed by atoms with Crippen LogP contribution in [0.1, 0.15) is 25.3 Å². The summed E-state index contributed by atoms with van der Waals surface area (Å²) in [6.07, 6.45) is 3.47. The van der Waals surface area contributed by atoms with Gasteiger partial charge in [0.25, 0.3) is 0 Å². The van der Waals surface area contributed by atoms with Gasteiger partial charge in [0.1, 0.15) is 5.75 Å². The van der Waals surface area contributed by atoms with E-state index in [0.29, 0.717) is 0 Å². The van der Waals surface area contributed by atoms with Crippen molar-refractivity contribution in [2.24, 2.45) is 5.92 Å². The topological polar surface area (TPSA) is 21.3 Å². The number of hydrogen-bond acceptors (Lipinski definition) is 2. The molecule has 0 spiro atoms. The SMILES string of the molecule is CCCOc1ccc(Br)c(CC2CCNC2)c1. The van der Waals surface area contributed by atoms with E-state index < -0.39 is 0 Å². The molecule has 0 saturated carbocycles. The monoisotopic (exact) mass is 297 g/mol. The van der Waals surface area contributed by atoms with Crippen LogP contribution < -0.4 is 10.1 Å². The number of rotatable bonds is 5. The second-order valence-corrected chi connectivity index (χ2v) is 5.52. The summed E-state index contributed by atoms with van der Waals surface area (Å²) in [6.45, 7) is 5.23. The number of nitrogens with one attached hydrogen (secondary N) is 1. The van der Waals surface area contributed by atoms with E-state index in [1.807, 2.05) is 6.07 Å². The van der Waals surface area contributed by atoms with Crippen LogP contribution in [-0.4, -0.2) is 19.7 Å². The zero-order valence-electron chi connectivity index (χ0n) is 10.3. The number of hydrogen-bond donors (Lipinski definition) is 1. The van der Waals surface area contributed by atoms with Crippen molar-refractivity contribution in [2.75, 3.05) is 19.7 Å². The van der Waals surface area contributed by atoms with Crippen LogP contribution in [0.3, 0.4) is 0 Å². The zero-order chi connectivity index (χ0) is 12.1. The van der Waals surface area contributed by atoms with Crippen LogP contribution in [0.25, 0.3) is 0 Å². The molecule has 0 aliphatic carbocycles. The number of benzene rings is 1. The highest BCUT2D eigenvalue weighted by molar-refractivity contribution is 9.10. The van der Waals surface area contributed by atoms with Gasteiger partial charge in [-0.05, 0) is 62.0 Å². The van der Waals surface area contributed by atoms with Gasteiger partial charge >= 0.3 is 0 Å². The lowest BCUT2D eigenvalue weighted by molar-refractivity contribution is 0.317. The molecule has 1 saturated heterocycles. The molecule has 1 aliphatic heterocycles. The van der Waals surface area contributed by atoms with Crippen molar-refractivity contribution < 1.29 is 4.74 Å². The van der Waals surface area contributed by atoms with Crippen LogP contribution in [0.15, 0.2) is 22.7 Å². The molecule has 2 nitrogen and oxygen atoms in total. The van der Waals surface area contributed by atoms with E-state index in [-0.39, 0.29) is 0 Å². The second kappa shape index (κ2) is 6.41. The standard InChI is InChI=1S/C14H20BrNO/c1-2-7-17-13-3-4-14(15)12(9-13)8-11-5-6-16-10-11/h3-4,9,11,16H,2,5-8,10H2,1H3. The van der Waals surface area contributed by atoms with Gasteiger partial charge in [-0.2, -0.15) is 0 Å². The molecule has 0 aromatic heterocycles. The minimum Gasteiger partial charge on any atom is -0.494 e. The average molecular weight is 298 g/mol. The maximum absolute atomic E-state index is 5.68. The van der Waals surface area contributed by atoms with E-state index in [0.717, 1.165) is 44.2 Å². The van der Waals surface area contributed by atoms with Crippen molar-refractivity contribution in [3.05, 3.63) is 28.2 Å². The molecular formula is C14H20BrNO. The third kappa shape index (κ3) is 3.71. The summed E-state index contributed by atoms with van der Waals surface area (Å²) in [5, 5.41) is 3.41. The van der Waals surface area contributed by atoms with Crippen LogP contribution >= 0.6 is 15.9 Å². The summed E-state index contributed by atoms with van der Waals surface area (Å²) >= 11 is 3.63. The lowest BCUT2D eigenvalue weighted by atomic mass is 9.98. The van der Waals surface area contributed by atoms with E-state index in [1.54, 1.807) is 0 Å². The Labute approximate surface area is 112 Å². The maximum atomic E-state index is 5.68. The fourth-order valence-electron chi connectivity index (χ4n) is 2.22. The lowest BCUT2D eigenvalue weighted by Crippen LogP contribution is -2.11. The molecule has 94 valence electrons. The van der Waals surface area contributed by atoms with E-state index in [2.05, 4.69) is 40.3 Å². The van der Waals surface area contributed by atoms with Crippen LogP contribution in [0.4, 0.5) is 0 Å². The van der Waals surface area contributed by atoms with Gasteiger partial charge in [-0.1, -0.05) is 22.9 Å². The largest absolute Gasteiger partial charge is 0.494 e. The van der Waals surface area contributed by atoms with Crippen molar-refractivity contribution in [1.29, 1.82) is 0 Å². The molecule has 0 amide bonds. The summed E-state index contributed by atoms with van der Waals surface area (Å²) in [7, 11) is 0. The van der Waals surface area contributed by atoms with E-state index >= 15 is 0 Å². The third-order valence-electron chi connectivity index (χ3n) is 3.16. The van der Waals surface area contributed by atoms with Crippen LogP contribution in [-0.2, 0) is 6.42 Å². The summed E-state index contributed by atoms with van der Waals surface area (Å²) in [5.41, 5.74) is 1.37. The molecule has 1 unspecified atom stereocenters. The Morgan fingerprint density at radius 1 is 1.47 bits per heavy atom. The van der Waals surface area contributed by atoms with Gasteiger partial charge in [-0.3, -0.25) is 0 Å². The summed E-state index contributed by atoms with van der Waals surface area (Å²) in [4.78, 5) is 0. The predicted octanol–water partition coefficient (Wildman–Crippen LogP) is 3.39. The van der Waals surface area contributed by atoms with Gasteiger partial charge < -0.3 is 10.1 Å². The van der Waals surface area contributed by atoms with Crippen molar-refractivity contribution >= 4 is 15.9 Å². The molecule has 1 N–H and O–H groups in total. The molecular weight excluding hydrogens is 278 g/mol. The normalized spacial score (nSPS) is 19.5. The lowest BCUT2D eigenvalue weighted by Gasteiger charge is -2.12. The smallest absolute Gasteiger partial charge is 0.119 e. The fourth-order valence-corrected chi connectivity index (χ4v) is 2.63. The summed E-state index contributed by atoms with van der Waals surface area (Å²) in [6, 6.07) is 6.32. The van der Waals surface area contributed by atoms with Gasteiger partial charge in [0.05, 0.1) is 6.61 Å². The maximum Gasteiger partial charge on any atom is 0.119 e. The fraction of sp³-hybridized carbons (Fsp3) is 0.571. The highest BCUT2D eigenvalue weighted by atomic mass is 79.9. The van der Waals surface area contributed by atoms with Crippen molar-refractivity contribution in [1.82, 2.24) is 5.32 Å². The number of halogens is 1. The van der Waals surface area contributed by atoms with Crippen LogP contribution in [0.2, 0.25) is 0 Å². The first kappa shape index (κ1) is 12.9. The van der Waals surface area contributed by atoms with Crippen molar-refractivity contribution in [3.8, 4) is 5.75 Å². The molecule has 1 atom stereocenters. The molecule has 1 fully saturated rings. The molecule has 0 bridgehead atoms. The summed E-state index contributed by atoms with van der Waals surface area (Å²) in [5.74, 6) is 1.77. The van der Waals surface area contributed by atoms with E-state index in [4.69, 9.17) is 4.74 Å². The van der Waals surface area contributed by atoms with Gasteiger partial charge in [-0.15, -0.1) is 0 Å². The first-order valence-electron chi connectivity index (χ1n) is 6.41. The Morgan fingerprint density at radius 3 is 3.06 bits per heavy atom. The van der Waals surface area contributed by atoms with Gasteiger partial charge in [0.2, 0.25) is 0 Å². The zero-order valence-corrected chi connectivity index (χ0v) is 11.9. The highest BCUT2D eigenvalue weighted by Crippen LogP contribution is 2.26. The second-order valence-electron chi connectivity index (χ2n) is 4.66. The molecule has 2 rings (SSSR count). The predicted molar refractivity (Wildman–Crippen MR) is 74.6 cm³/mol. The van der Waals surface area contributed by atoms with Crippen molar-refractivity contribution in [3.63, 3.8) is 0 Å². The van der Waals surface area contributed by atoms with E-state index in [1.165, 1.54) is 16.5 Å². The molecule has 1 aromatic rings. The Morgan fingerprint density at radius 2 is 2.35 bits per heavy atom. The quantitative estimate of drug-likeness (QED) is 0.899. The minimum absolute atomic E-state index is 0.771. The van der Waals surface area contributed by atoms with Crippen LogP contribution in [0, 0.1) is 5.92 Å².